The summed E-state index contributed by atoms with van der Waals surface area (Å²) >= 11 is 5.25. The quantitative estimate of drug-likeness (QED) is 0.598. The molecule has 0 amide bonds. The maximum atomic E-state index is 5.25. The van der Waals surface area contributed by atoms with E-state index < -0.39 is 0 Å². The number of nitrogens with zero attached hydrogens (tertiary/aromatic N) is 2. The van der Waals surface area contributed by atoms with Crippen molar-refractivity contribution in [2.75, 3.05) is 10.7 Å². The van der Waals surface area contributed by atoms with Crippen LogP contribution in [0.3, 0.4) is 0 Å². The van der Waals surface area contributed by atoms with Gasteiger partial charge in [0.1, 0.15) is 0 Å². The van der Waals surface area contributed by atoms with E-state index in [1.807, 2.05) is 39.0 Å². The van der Waals surface area contributed by atoms with E-state index in [2.05, 4.69) is 39.1 Å². The third-order valence-corrected chi connectivity index (χ3v) is 3.10. The van der Waals surface area contributed by atoms with Crippen molar-refractivity contribution in [2.45, 2.75) is 27.7 Å². The van der Waals surface area contributed by atoms with Crippen LogP contribution in [-0.2, 0) is 0 Å². The Morgan fingerprint density at radius 1 is 1.00 bits per heavy atom. The molecule has 0 radical (unpaired) electrons. The van der Waals surface area contributed by atoms with Gasteiger partial charge >= 0.3 is 0 Å². The van der Waals surface area contributed by atoms with Crippen molar-refractivity contribution in [3.8, 4) is 0 Å². The Morgan fingerprint density at radius 3 is 2.29 bits per heavy atom. The molecule has 0 saturated carbocycles. The van der Waals surface area contributed by atoms with Crippen LogP contribution in [0.5, 0.6) is 0 Å². The minimum absolute atomic E-state index is 0.463. The Labute approximate surface area is 130 Å². The van der Waals surface area contributed by atoms with Crippen LogP contribution in [0.15, 0.2) is 24.3 Å². The molecule has 0 aliphatic heterocycles. The summed E-state index contributed by atoms with van der Waals surface area (Å²) in [6, 6.07) is 8.06. The number of anilines is 2. The largest absolute Gasteiger partial charge is 0.331 e. The van der Waals surface area contributed by atoms with E-state index in [1.54, 1.807) is 0 Å². The molecule has 2 rings (SSSR count). The van der Waals surface area contributed by atoms with Crippen molar-refractivity contribution in [3.63, 3.8) is 0 Å². The minimum atomic E-state index is 0.463. The number of aryl methyl sites for hydroxylation is 4. The van der Waals surface area contributed by atoms with Gasteiger partial charge in [0.25, 0.3) is 0 Å². The van der Waals surface area contributed by atoms with Gasteiger partial charge in [0.2, 0.25) is 5.95 Å². The molecule has 1 aromatic carbocycles. The van der Waals surface area contributed by atoms with Gasteiger partial charge in [-0.05, 0) is 57.6 Å². The van der Waals surface area contributed by atoms with E-state index in [9.17, 15) is 0 Å². The summed E-state index contributed by atoms with van der Waals surface area (Å²) in [6.07, 6.45) is 0. The molecule has 0 spiro atoms. The smallest absolute Gasteiger partial charge is 0.242 e. The zero-order valence-corrected chi connectivity index (χ0v) is 13.4. The van der Waals surface area contributed by atoms with Crippen molar-refractivity contribution < 1.29 is 0 Å². The van der Waals surface area contributed by atoms with Crippen LogP contribution in [0.25, 0.3) is 0 Å². The van der Waals surface area contributed by atoms with Crippen LogP contribution in [0.2, 0.25) is 0 Å². The first-order valence-electron chi connectivity index (χ1n) is 6.66. The van der Waals surface area contributed by atoms with E-state index in [-0.39, 0.29) is 0 Å². The van der Waals surface area contributed by atoms with E-state index in [0.29, 0.717) is 11.1 Å². The Kier molecular flexibility index (Phi) is 4.70. The predicted octanol–water partition coefficient (Wildman–Crippen LogP) is 3.02. The topological polar surface area (TPSA) is 61.9 Å². The molecule has 0 fully saturated rings. The standard InChI is InChI=1S/C15H19N5S/c1-9-5-6-13(10(2)7-9)18-15(21)20-19-14-16-11(3)8-12(4)17-14/h5-8H,1-4H3,(H,16,17,19)(H2,18,20,21). The molecule has 3 N–H and O–H groups in total. The number of thiocarbonyl (C=S) groups is 1. The lowest BCUT2D eigenvalue weighted by Crippen LogP contribution is -2.34. The van der Waals surface area contributed by atoms with Gasteiger partial charge < -0.3 is 5.32 Å². The third-order valence-electron chi connectivity index (χ3n) is 2.90. The first-order valence-corrected chi connectivity index (χ1v) is 7.07. The molecule has 0 bridgehead atoms. The van der Waals surface area contributed by atoms with E-state index in [4.69, 9.17) is 12.2 Å². The maximum absolute atomic E-state index is 5.25. The van der Waals surface area contributed by atoms with Crippen molar-refractivity contribution in [3.05, 3.63) is 46.8 Å². The molecule has 2 aromatic rings. The second kappa shape index (κ2) is 6.49. The lowest BCUT2D eigenvalue weighted by atomic mass is 10.1. The number of nitrogens with one attached hydrogen (secondary N) is 3. The van der Waals surface area contributed by atoms with Crippen molar-refractivity contribution in [2.24, 2.45) is 0 Å². The normalized spacial score (nSPS) is 10.1. The second-order valence-corrected chi connectivity index (χ2v) is 5.41. The third kappa shape index (κ3) is 4.39. The monoisotopic (exact) mass is 301 g/mol. The zero-order chi connectivity index (χ0) is 15.4. The van der Waals surface area contributed by atoms with Gasteiger partial charge in [0, 0.05) is 17.1 Å². The van der Waals surface area contributed by atoms with Crippen LogP contribution < -0.4 is 16.2 Å². The lowest BCUT2D eigenvalue weighted by molar-refractivity contribution is 0.991. The molecule has 0 aliphatic carbocycles. The molecular weight excluding hydrogens is 282 g/mol. The lowest BCUT2D eigenvalue weighted by Gasteiger charge is -2.14. The number of aromatic nitrogens is 2. The maximum Gasteiger partial charge on any atom is 0.242 e. The molecule has 1 aromatic heterocycles. The summed E-state index contributed by atoms with van der Waals surface area (Å²) in [6.45, 7) is 7.95. The molecular formula is C15H19N5S. The molecule has 110 valence electrons. The summed E-state index contributed by atoms with van der Waals surface area (Å²) in [5, 5.41) is 3.60. The number of rotatable bonds is 3. The molecule has 6 heteroatoms. The Bertz CT molecular complexity index is 649. The molecule has 0 saturated heterocycles. The van der Waals surface area contributed by atoms with Crippen molar-refractivity contribution in [1.82, 2.24) is 15.4 Å². The fourth-order valence-electron chi connectivity index (χ4n) is 2.00. The minimum Gasteiger partial charge on any atom is -0.331 e. The van der Waals surface area contributed by atoms with Gasteiger partial charge in [0.15, 0.2) is 5.11 Å². The van der Waals surface area contributed by atoms with Gasteiger partial charge in [-0.3, -0.25) is 10.9 Å². The van der Waals surface area contributed by atoms with E-state index in [1.165, 1.54) is 5.56 Å². The molecule has 5 nitrogen and oxygen atoms in total. The first kappa shape index (κ1) is 15.2. The Hall–Kier alpha value is -2.21. The van der Waals surface area contributed by atoms with E-state index in [0.717, 1.165) is 22.6 Å². The van der Waals surface area contributed by atoms with Gasteiger partial charge in [-0.1, -0.05) is 17.7 Å². The fourth-order valence-corrected chi connectivity index (χ4v) is 2.16. The fraction of sp³-hybridized carbons (Fsp3) is 0.267. The van der Waals surface area contributed by atoms with Crippen LogP contribution in [-0.4, -0.2) is 15.1 Å². The first-order chi connectivity index (χ1) is 9.94. The van der Waals surface area contributed by atoms with Crippen LogP contribution in [0, 0.1) is 27.7 Å². The Balaban J connectivity index is 1.95. The molecule has 0 unspecified atom stereocenters. The zero-order valence-electron chi connectivity index (χ0n) is 12.6. The number of hydrogen-bond acceptors (Lipinski definition) is 4. The molecule has 1 heterocycles. The number of benzene rings is 1. The number of hydrazine groups is 1. The Morgan fingerprint density at radius 2 is 1.67 bits per heavy atom. The molecule has 0 atom stereocenters. The van der Waals surface area contributed by atoms with Gasteiger partial charge in [-0.25, -0.2) is 9.97 Å². The molecule has 0 aliphatic rings. The summed E-state index contributed by atoms with van der Waals surface area (Å²) in [7, 11) is 0. The van der Waals surface area contributed by atoms with Gasteiger partial charge in [-0.15, -0.1) is 0 Å². The highest BCUT2D eigenvalue weighted by molar-refractivity contribution is 7.80. The SMILES string of the molecule is Cc1ccc(NC(=S)NNc2nc(C)cc(C)n2)c(C)c1. The van der Waals surface area contributed by atoms with Crippen molar-refractivity contribution >= 4 is 29.0 Å². The predicted molar refractivity (Wildman–Crippen MR) is 90.4 cm³/mol. The second-order valence-electron chi connectivity index (χ2n) is 5.00. The average Bonchev–Trinajstić information content (AvgIpc) is 2.39. The van der Waals surface area contributed by atoms with E-state index >= 15 is 0 Å². The van der Waals surface area contributed by atoms with Crippen molar-refractivity contribution in [1.29, 1.82) is 0 Å². The van der Waals surface area contributed by atoms with Gasteiger partial charge in [0.05, 0.1) is 0 Å². The van der Waals surface area contributed by atoms with Crippen LogP contribution in [0.1, 0.15) is 22.5 Å². The van der Waals surface area contributed by atoms with Gasteiger partial charge in [-0.2, -0.15) is 0 Å². The summed E-state index contributed by atoms with van der Waals surface area (Å²) in [4.78, 5) is 8.54. The number of hydrogen-bond donors (Lipinski definition) is 3. The van der Waals surface area contributed by atoms with Crippen LogP contribution >= 0.6 is 12.2 Å². The summed E-state index contributed by atoms with van der Waals surface area (Å²) in [5.41, 5.74) is 10.9. The highest BCUT2D eigenvalue weighted by Crippen LogP contribution is 2.15. The van der Waals surface area contributed by atoms with Crippen LogP contribution in [0.4, 0.5) is 11.6 Å². The molecule has 21 heavy (non-hydrogen) atoms. The average molecular weight is 301 g/mol. The summed E-state index contributed by atoms with van der Waals surface area (Å²) < 4.78 is 0. The summed E-state index contributed by atoms with van der Waals surface area (Å²) in [5.74, 6) is 0.497. The highest BCUT2D eigenvalue weighted by atomic mass is 32.1. The highest BCUT2D eigenvalue weighted by Gasteiger charge is 2.03.